The lowest BCUT2D eigenvalue weighted by atomic mass is 10.1. The van der Waals surface area contributed by atoms with Gasteiger partial charge in [-0.05, 0) is 32.4 Å². The highest BCUT2D eigenvalue weighted by Crippen LogP contribution is 2.21. The van der Waals surface area contributed by atoms with Crippen molar-refractivity contribution < 1.29 is 9.53 Å². The fourth-order valence-electron chi connectivity index (χ4n) is 2.05. The Hall–Kier alpha value is -1.35. The maximum Gasteiger partial charge on any atom is 0.307 e. The monoisotopic (exact) mass is 277 g/mol. The molecule has 0 N–H and O–H groups in total. The van der Waals surface area contributed by atoms with Gasteiger partial charge in [0.1, 0.15) is 0 Å². The van der Waals surface area contributed by atoms with Crippen LogP contribution in [0.3, 0.4) is 0 Å². The number of esters is 1. The maximum absolute atomic E-state index is 11.8. The summed E-state index contributed by atoms with van der Waals surface area (Å²) in [5.74, 6) is 0.272. The number of rotatable bonds is 7. The molecule has 0 heterocycles. The topological polar surface area (TPSA) is 29.5 Å². The third-order valence-corrected chi connectivity index (χ3v) is 3.63. The van der Waals surface area contributed by atoms with Gasteiger partial charge in [0.25, 0.3) is 0 Å². The van der Waals surface area contributed by atoms with Crippen molar-refractivity contribution in [1.29, 1.82) is 0 Å². The predicted octanol–water partition coefficient (Wildman–Crippen LogP) is 3.66. The second-order valence-electron chi connectivity index (χ2n) is 5.88. The van der Waals surface area contributed by atoms with Gasteiger partial charge in [0.05, 0.1) is 13.0 Å². The van der Waals surface area contributed by atoms with Crippen molar-refractivity contribution in [2.45, 2.75) is 46.2 Å². The summed E-state index contributed by atoms with van der Waals surface area (Å²) in [6, 6.07) is 10.8. The van der Waals surface area contributed by atoms with Gasteiger partial charge in [0, 0.05) is 12.1 Å². The van der Waals surface area contributed by atoms with Crippen LogP contribution in [-0.2, 0) is 9.53 Å². The normalized spacial score (nSPS) is 14.3. The van der Waals surface area contributed by atoms with Gasteiger partial charge < -0.3 is 4.74 Å². The molecule has 0 saturated carbocycles. The summed E-state index contributed by atoms with van der Waals surface area (Å²) in [4.78, 5) is 14.0. The molecular formula is C17H27NO2. The average Bonchev–Trinajstić information content (AvgIpc) is 2.44. The van der Waals surface area contributed by atoms with E-state index in [1.54, 1.807) is 0 Å². The lowest BCUT2D eigenvalue weighted by Crippen LogP contribution is -2.34. The molecule has 0 fully saturated rings. The molecule has 3 heteroatoms. The van der Waals surface area contributed by atoms with Gasteiger partial charge in [0.15, 0.2) is 0 Å². The van der Waals surface area contributed by atoms with Crippen LogP contribution in [0.4, 0.5) is 0 Å². The van der Waals surface area contributed by atoms with Crippen LogP contribution in [0.5, 0.6) is 0 Å². The van der Waals surface area contributed by atoms with E-state index in [2.05, 4.69) is 37.9 Å². The Morgan fingerprint density at radius 1 is 1.15 bits per heavy atom. The molecule has 20 heavy (non-hydrogen) atoms. The van der Waals surface area contributed by atoms with E-state index >= 15 is 0 Å². The fraction of sp³-hybridized carbons (Fsp3) is 0.588. The van der Waals surface area contributed by atoms with Crippen LogP contribution in [0, 0.1) is 5.92 Å². The molecule has 0 aliphatic heterocycles. The average molecular weight is 277 g/mol. The van der Waals surface area contributed by atoms with Gasteiger partial charge in [-0.15, -0.1) is 0 Å². The zero-order valence-electron chi connectivity index (χ0n) is 13.3. The molecule has 1 aromatic carbocycles. The number of benzene rings is 1. The Bertz CT molecular complexity index is 403. The summed E-state index contributed by atoms with van der Waals surface area (Å²) in [6.45, 7) is 8.81. The molecule has 2 atom stereocenters. The van der Waals surface area contributed by atoms with Gasteiger partial charge in [0.2, 0.25) is 0 Å². The first-order valence-electron chi connectivity index (χ1n) is 7.34. The molecule has 1 rings (SSSR count). The number of hydrogen-bond donors (Lipinski definition) is 0. The largest absolute Gasteiger partial charge is 0.465 e. The van der Waals surface area contributed by atoms with E-state index in [4.69, 9.17) is 4.74 Å². The zero-order valence-corrected chi connectivity index (χ0v) is 13.3. The van der Waals surface area contributed by atoms with Gasteiger partial charge >= 0.3 is 5.97 Å². The molecule has 0 aliphatic rings. The molecule has 0 amide bonds. The molecular weight excluding hydrogens is 250 g/mol. The molecule has 0 bridgehead atoms. The fourth-order valence-corrected chi connectivity index (χ4v) is 2.05. The van der Waals surface area contributed by atoms with Crippen LogP contribution in [0.1, 0.15) is 45.7 Å². The summed E-state index contributed by atoms with van der Waals surface area (Å²) >= 11 is 0. The van der Waals surface area contributed by atoms with Crippen molar-refractivity contribution in [2.75, 3.05) is 13.7 Å². The van der Waals surface area contributed by atoms with Crippen molar-refractivity contribution in [3.05, 3.63) is 35.9 Å². The Balaban J connectivity index is 2.50. The van der Waals surface area contributed by atoms with Crippen LogP contribution in [0.25, 0.3) is 0 Å². The molecule has 0 aromatic heterocycles. The maximum atomic E-state index is 11.8. The Kier molecular flexibility index (Phi) is 6.73. The van der Waals surface area contributed by atoms with Crippen LogP contribution in [-0.4, -0.2) is 30.6 Å². The Morgan fingerprint density at radius 2 is 1.75 bits per heavy atom. The lowest BCUT2D eigenvalue weighted by molar-refractivity contribution is -0.146. The van der Waals surface area contributed by atoms with Crippen molar-refractivity contribution in [3.8, 4) is 0 Å². The summed E-state index contributed by atoms with van der Waals surface area (Å²) in [6.07, 6.45) is 0.431. The molecule has 0 radical (unpaired) electrons. The van der Waals surface area contributed by atoms with Crippen LogP contribution in [0.2, 0.25) is 0 Å². The molecule has 0 spiro atoms. The first-order chi connectivity index (χ1) is 9.41. The van der Waals surface area contributed by atoms with E-state index in [-0.39, 0.29) is 18.1 Å². The SMILES string of the molecule is CC(C)COC(=O)C[C@H](C)N(C)[C@@H](C)c1ccccc1. The lowest BCUT2D eigenvalue weighted by Gasteiger charge is -2.30. The quantitative estimate of drug-likeness (QED) is 0.712. The van der Waals surface area contributed by atoms with Gasteiger partial charge in [-0.1, -0.05) is 44.2 Å². The first kappa shape index (κ1) is 16.7. The van der Waals surface area contributed by atoms with Gasteiger partial charge in [-0.3, -0.25) is 9.69 Å². The van der Waals surface area contributed by atoms with E-state index in [1.807, 2.05) is 32.0 Å². The highest BCUT2D eigenvalue weighted by atomic mass is 16.5. The number of carbonyl (C=O) groups excluding carboxylic acids is 1. The third kappa shape index (κ3) is 5.33. The van der Waals surface area contributed by atoms with Crippen molar-refractivity contribution in [3.63, 3.8) is 0 Å². The Labute approximate surface area is 122 Å². The van der Waals surface area contributed by atoms with E-state index in [1.165, 1.54) is 5.56 Å². The highest BCUT2D eigenvalue weighted by molar-refractivity contribution is 5.70. The number of hydrogen-bond acceptors (Lipinski definition) is 3. The zero-order chi connectivity index (χ0) is 15.1. The van der Waals surface area contributed by atoms with E-state index in [0.717, 1.165) is 0 Å². The minimum Gasteiger partial charge on any atom is -0.465 e. The molecule has 1 aromatic rings. The highest BCUT2D eigenvalue weighted by Gasteiger charge is 2.20. The smallest absolute Gasteiger partial charge is 0.307 e. The van der Waals surface area contributed by atoms with Crippen LogP contribution < -0.4 is 0 Å². The molecule has 0 saturated heterocycles. The molecule has 0 aliphatic carbocycles. The van der Waals surface area contributed by atoms with Gasteiger partial charge in [-0.2, -0.15) is 0 Å². The summed E-state index contributed by atoms with van der Waals surface area (Å²) < 4.78 is 5.24. The standard InChI is InChI=1S/C17H27NO2/c1-13(2)12-20-17(19)11-14(3)18(5)15(4)16-9-7-6-8-10-16/h6-10,13-15H,11-12H2,1-5H3/t14-,15-/m0/s1. The Morgan fingerprint density at radius 3 is 2.30 bits per heavy atom. The summed E-state index contributed by atoms with van der Waals surface area (Å²) in [7, 11) is 2.05. The second-order valence-corrected chi connectivity index (χ2v) is 5.88. The number of carbonyl (C=O) groups is 1. The first-order valence-corrected chi connectivity index (χ1v) is 7.34. The van der Waals surface area contributed by atoms with E-state index in [0.29, 0.717) is 18.9 Å². The molecule has 112 valence electrons. The van der Waals surface area contributed by atoms with Crippen LogP contribution >= 0.6 is 0 Å². The van der Waals surface area contributed by atoms with Crippen LogP contribution in [0.15, 0.2) is 30.3 Å². The van der Waals surface area contributed by atoms with Gasteiger partial charge in [-0.25, -0.2) is 0 Å². The van der Waals surface area contributed by atoms with Crippen molar-refractivity contribution in [2.24, 2.45) is 5.92 Å². The van der Waals surface area contributed by atoms with E-state index in [9.17, 15) is 4.79 Å². The van der Waals surface area contributed by atoms with Crippen molar-refractivity contribution >= 4 is 5.97 Å². The minimum absolute atomic E-state index is 0.113. The summed E-state index contributed by atoms with van der Waals surface area (Å²) in [5.41, 5.74) is 1.26. The molecule has 3 nitrogen and oxygen atoms in total. The number of ether oxygens (including phenoxy) is 1. The molecule has 0 unspecified atom stereocenters. The van der Waals surface area contributed by atoms with Crippen molar-refractivity contribution in [1.82, 2.24) is 4.90 Å². The second kappa shape index (κ2) is 8.05. The summed E-state index contributed by atoms with van der Waals surface area (Å²) in [5, 5.41) is 0. The van der Waals surface area contributed by atoms with E-state index < -0.39 is 0 Å². The number of nitrogens with zero attached hydrogens (tertiary/aromatic N) is 1. The third-order valence-electron chi connectivity index (χ3n) is 3.63. The minimum atomic E-state index is -0.113. The predicted molar refractivity (Wildman–Crippen MR) is 82.5 cm³/mol.